The molecule has 19 heavy (non-hydrogen) atoms. The zero-order valence-corrected chi connectivity index (χ0v) is 10.4. The number of hydrogen-bond donors (Lipinski definition) is 2. The van der Waals surface area contributed by atoms with E-state index in [1.165, 1.54) is 0 Å². The maximum absolute atomic E-state index is 10.5. The molecule has 1 aromatic carbocycles. The van der Waals surface area contributed by atoms with Crippen LogP contribution in [0, 0.1) is 0 Å². The highest BCUT2D eigenvalue weighted by Crippen LogP contribution is 2.07. The third kappa shape index (κ3) is 3.89. The molecular formula is C13H15N3O3. The Bertz CT molecular complexity index is 549. The minimum absolute atomic E-state index is 0.0307. The highest BCUT2D eigenvalue weighted by molar-refractivity contribution is 5.66. The van der Waals surface area contributed by atoms with Gasteiger partial charge in [0.1, 0.15) is 0 Å². The predicted octanol–water partition coefficient (Wildman–Crippen LogP) is 0.836. The lowest BCUT2D eigenvalue weighted by atomic mass is 10.1. The van der Waals surface area contributed by atoms with E-state index >= 15 is 0 Å². The lowest BCUT2D eigenvalue weighted by Crippen LogP contribution is -2.00. The van der Waals surface area contributed by atoms with Gasteiger partial charge in [0.15, 0.2) is 0 Å². The molecule has 0 spiro atoms. The van der Waals surface area contributed by atoms with Crippen LogP contribution >= 0.6 is 0 Å². The summed E-state index contributed by atoms with van der Waals surface area (Å²) in [6.45, 7) is 0.606. The molecule has 0 aliphatic heterocycles. The zero-order chi connectivity index (χ0) is 13.7. The first-order valence-corrected chi connectivity index (χ1v) is 5.97. The fourth-order valence-corrected chi connectivity index (χ4v) is 1.70. The Kier molecular flexibility index (Phi) is 4.25. The number of aliphatic hydroxyl groups excluding tert-OH is 1. The van der Waals surface area contributed by atoms with Crippen LogP contribution < -0.4 is 0 Å². The SMILES string of the molecule is O=C(O)CCc1cn(Cc2ccc(CO)cc2)nn1. The van der Waals surface area contributed by atoms with E-state index in [1.807, 2.05) is 24.3 Å². The van der Waals surface area contributed by atoms with E-state index in [0.29, 0.717) is 18.7 Å². The molecular weight excluding hydrogens is 246 g/mol. The minimum atomic E-state index is -0.839. The summed E-state index contributed by atoms with van der Waals surface area (Å²) in [5.41, 5.74) is 2.59. The van der Waals surface area contributed by atoms with E-state index in [9.17, 15) is 4.79 Å². The molecule has 0 aliphatic carbocycles. The molecule has 100 valence electrons. The molecule has 0 amide bonds. The molecule has 1 heterocycles. The second-order valence-corrected chi connectivity index (χ2v) is 4.28. The molecule has 6 heteroatoms. The highest BCUT2D eigenvalue weighted by Gasteiger charge is 2.04. The number of aryl methyl sites for hydroxylation is 1. The van der Waals surface area contributed by atoms with Gasteiger partial charge in [0, 0.05) is 12.6 Å². The molecule has 0 saturated carbocycles. The van der Waals surface area contributed by atoms with Crippen molar-refractivity contribution in [1.29, 1.82) is 0 Å². The van der Waals surface area contributed by atoms with Crippen molar-refractivity contribution in [3.8, 4) is 0 Å². The van der Waals surface area contributed by atoms with Gasteiger partial charge < -0.3 is 10.2 Å². The molecule has 0 saturated heterocycles. The summed E-state index contributed by atoms with van der Waals surface area (Å²) >= 11 is 0. The fraction of sp³-hybridized carbons (Fsp3) is 0.308. The average Bonchev–Trinajstić information content (AvgIpc) is 2.85. The van der Waals surface area contributed by atoms with Crippen molar-refractivity contribution in [2.75, 3.05) is 0 Å². The van der Waals surface area contributed by atoms with E-state index < -0.39 is 5.97 Å². The molecule has 0 aliphatic rings. The van der Waals surface area contributed by atoms with Gasteiger partial charge in [-0.25, -0.2) is 4.68 Å². The summed E-state index contributed by atoms with van der Waals surface area (Å²) in [6.07, 6.45) is 2.20. The van der Waals surface area contributed by atoms with Crippen LogP contribution in [0.1, 0.15) is 23.2 Å². The van der Waals surface area contributed by atoms with Gasteiger partial charge in [0.2, 0.25) is 0 Å². The van der Waals surface area contributed by atoms with Crippen LogP contribution in [0.25, 0.3) is 0 Å². The Hall–Kier alpha value is -2.21. The maximum Gasteiger partial charge on any atom is 0.303 e. The third-order valence-corrected chi connectivity index (χ3v) is 2.73. The number of nitrogens with zero attached hydrogens (tertiary/aromatic N) is 3. The summed E-state index contributed by atoms with van der Waals surface area (Å²) in [5, 5.41) is 25.4. The summed E-state index contributed by atoms with van der Waals surface area (Å²) in [5.74, 6) is -0.839. The van der Waals surface area contributed by atoms with Gasteiger partial charge in [-0.2, -0.15) is 0 Å². The van der Waals surface area contributed by atoms with Crippen LogP contribution in [-0.2, 0) is 24.4 Å². The number of aliphatic carboxylic acids is 1. The Labute approximate surface area is 110 Å². The van der Waals surface area contributed by atoms with E-state index in [-0.39, 0.29) is 13.0 Å². The normalized spacial score (nSPS) is 10.6. The number of carboxylic acid groups (broad SMARTS) is 1. The lowest BCUT2D eigenvalue weighted by Gasteiger charge is -2.02. The van der Waals surface area contributed by atoms with Gasteiger partial charge in [0.05, 0.1) is 25.3 Å². The third-order valence-electron chi connectivity index (χ3n) is 2.73. The van der Waals surface area contributed by atoms with Crippen molar-refractivity contribution in [2.24, 2.45) is 0 Å². The number of carbonyl (C=O) groups is 1. The first-order valence-electron chi connectivity index (χ1n) is 5.97. The molecule has 0 bridgehead atoms. The fourth-order valence-electron chi connectivity index (χ4n) is 1.70. The van der Waals surface area contributed by atoms with Crippen LogP contribution in [0.4, 0.5) is 0 Å². The monoisotopic (exact) mass is 261 g/mol. The second kappa shape index (κ2) is 6.10. The number of aromatic nitrogens is 3. The number of rotatable bonds is 6. The standard InChI is InChI=1S/C13H15N3O3/c17-9-11-3-1-10(2-4-11)7-16-8-12(14-15-16)5-6-13(18)19/h1-4,8,17H,5-7,9H2,(H,18,19). The summed E-state index contributed by atoms with van der Waals surface area (Å²) in [7, 11) is 0. The second-order valence-electron chi connectivity index (χ2n) is 4.28. The van der Waals surface area contributed by atoms with Crippen molar-refractivity contribution < 1.29 is 15.0 Å². The van der Waals surface area contributed by atoms with Crippen LogP contribution in [0.15, 0.2) is 30.5 Å². The summed E-state index contributed by atoms with van der Waals surface area (Å²) in [4.78, 5) is 10.5. The molecule has 2 aromatic rings. The molecule has 2 rings (SSSR count). The Morgan fingerprint density at radius 1 is 1.21 bits per heavy atom. The quantitative estimate of drug-likeness (QED) is 0.804. The molecule has 1 aromatic heterocycles. The van der Waals surface area contributed by atoms with Crippen LogP contribution in [-0.4, -0.2) is 31.2 Å². The lowest BCUT2D eigenvalue weighted by molar-refractivity contribution is -0.136. The first-order chi connectivity index (χ1) is 9.17. The Balaban J connectivity index is 1.96. The molecule has 0 radical (unpaired) electrons. The smallest absolute Gasteiger partial charge is 0.303 e. The number of benzene rings is 1. The van der Waals surface area contributed by atoms with Crippen LogP contribution in [0.3, 0.4) is 0 Å². The van der Waals surface area contributed by atoms with Gasteiger partial charge in [-0.15, -0.1) is 5.10 Å². The topological polar surface area (TPSA) is 88.2 Å². The molecule has 6 nitrogen and oxygen atoms in total. The first kappa shape index (κ1) is 13.2. The van der Waals surface area contributed by atoms with Gasteiger partial charge in [-0.1, -0.05) is 29.5 Å². The van der Waals surface area contributed by atoms with Crippen molar-refractivity contribution in [2.45, 2.75) is 26.0 Å². The largest absolute Gasteiger partial charge is 0.481 e. The average molecular weight is 261 g/mol. The van der Waals surface area contributed by atoms with Crippen LogP contribution in [0.5, 0.6) is 0 Å². The van der Waals surface area contributed by atoms with Gasteiger partial charge in [-0.3, -0.25) is 4.79 Å². The van der Waals surface area contributed by atoms with E-state index in [2.05, 4.69) is 10.3 Å². The van der Waals surface area contributed by atoms with E-state index in [1.54, 1.807) is 10.9 Å². The van der Waals surface area contributed by atoms with Crippen molar-refractivity contribution in [3.63, 3.8) is 0 Å². The van der Waals surface area contributed by atoms with Gasteiger partial charge >= 0.3 is 5.97 Å². The number of aliphatic hydroxyl groups is 1. The Morgan fingerprint density at radius 3 is 2.53 bits per heavy atom. The van der Waals surface area contributed by atoms with E-state index in [0.717, 1.165) is 11.1 Å². The van der Waals surface area contributed by atoms with E-state index in [4.69, 9.17) is 10.2 Å². The number of carboxylic acids is 1. The summed E-state index contributed by atoms with van der Waals surface area (Å²) < 4.78 is 1.67. The highest BCUT2D eigenvalue weighted by atomic mass is 16.4. The van der Waals surface area contributed by atoms with Gasteiger partial charge in [0.25, 0.3) is 0 Å². The maximum atomic E-state index is 10.5. The minimum Gasteiger partial charge on any atom is -0.481 e. The van der Waals surface area contributed by atoms with Crippen molar-refractivity contribution in [3.05, 3.63) is 47.3 Å². The number of hydrogen-bond acceptors (Lipinski definition) is 4. The van der Waals surface area contributed by atoms with Crippen molar-refractivity contribution >= 4 is 5.97 Å². The Morgan fingerprint density at radius 2 is 1.89 bits per heavy atom. The van der Waals surface area contributed by atoms with Crippen LogP contribution in [0.2, 0.25) is 0 Å². The van der Waals surface area contributed by atoms with Crippen molar-refractivity contribution in [1.82, 2.24) is 15.0 Å². The predicted molar refractivity (Wildman–Crippen MR) is 67.4 cm³/mol. The molecule has 2 N–H and O–H groups in total. The molecule has 0 unspecified atom stereocenters. The zero-order valence-electron chi connectivity index (χ0n) is 10.4. The van der Waals surface area contributed by atoms with Gasteiger partial charge in [-0.05, 0) is 11.1 Å². The summed E-state index contributed by atoms with van der Waals surface area (Å²) in [6, 6.07) is 7.56. The molecule has 0 fully saturated rings. The molecule has 0 atom stereocenters.